The zero-order valence-electron chi connectivity index (χ0n) is 9.64. The third-order valence-electron chi connectivity index (χ3n) is 2.75. The molecule has 76 valence electrons. The van der Waals surface area contributed by atoms with Crippen molar-refractivity contribution in [3.63, 3.8) is 0 Å². The summed E-state index contributed by atoms with van der Waals surface area (Å²) in [5.41, 5.74) is 2.52. The smallest absolute Gasteiger partial charge is 0.0682 e. The van der Waals surface area contributed by atoms with E-state index < -0.39 is 8.07 Å². The van der Waals surface area contributed by atoms with Crippen LogP contribution in [0.2, 0.25) is 19.6 Å². The highest BCUT2D eigenvalue weighted by molar-refractivity contribution is 6.80. The minimum absolute atomic E-state index is 0.921. The van der Waals surface area contributed by atoms with Crippen molar-refractivity contribution in [1.82, 2.24) is 0 Å². The van der Waals surface area contributed by atoms with Crippen molar-refractivity contribution in [1.29, 1.82) is 0 Å². The molecule has 0 nitrogen and oxygen atoms in total. The van der Waals surface area contributed by atoms with Crippen LogP contribution in [-0.2, 0) is 0 Å². The van der Waals surface area contributed by atoms with Crippen LogP contribution >= 0.6 is 0 Å². The van der Waals surface area contributed by atoms with Crippen LogP contribution in [0.25, 0.3) is 0 Å². The zero-order valence-corrected chi connectivity index (χ0v) is 10.6. The third-order valence-corrected chi connectivity index (χ3v) is 3.94. The molecule has 0 amide bonds. The number of unbranched alkanes of at least 4 members (excludes halogenated alkanes) is 1. The highest BCUT2D eigenvalue weighted by Gasteiger charge is 2.33. The summed E-state index contributed by atoms with van der Waals surface area (Å²) in [4.78, 5) is 0. The second kappa shape index (κ2) is 4.45. The standard InChI is InChI=1S/C12H24Si/c1-5-6-7-11-10-12(11)8-9-13(2,3)4/h8-9,11-12H,5-7,10H2,1-4H3/b9-8+/t11-,12-/m1/s1. The SMILES string of the molecule is CCCC[C@@H]1C[C@H]1/C=C/[Si](C)(C)C. The highest BCUT2D eigenvalue weighted by Crippen LogP contribution is 2.43. The fourth-order valence-corrected chi connectivity index (χ4v) is 2.54. The van der Waals surface area contributed by atoms with Gasteiger partial charge in [0, 0.05) is 0 Å². The Morgan fingerprint density at radius 2 is 2.00 bits per heavy atom. The van der Waals surface area contributed by atoms with Crippen molar-refractivity contribution >= 4 is 8.07 Å². The minimum Gasteiger partial charge on any atom is -0.0986 e. The number of allylic oxidation sites excluding steroid dienone is 1. The maximum absolute atomic E-state index is 2.52. The van der Waals surface area contributed by atoms with Crippen molar-refractivity contribution in [3.05, 3.63) is 11.8 Å². The van der Waals surface area contributed by atoms with E-state index in [1.54, 1.807) is 0 Å². The third kappa shape index (κ3) is 4.66. The molecule has 0 aromatic carbocycles. The van der Waals surface area contributed by atoms with Crippen LogP contribution in [0.3, 0.4) is 0 Å². The Labute approximate surface area is 84.4 Å². The van der Waals surface area contributed by atoms with Crippen molar-refractivity contribution in [2.75, 3.05) is 0 Å². The van der Waals surface area contributed by atoms with Gasteiger partial charge in [0.1, 0.15) is 0 Å². The fraction of sp³-hybridized carbons (Fsp3) is 0.833. The molecule has 0 saturated heterocycles. The Balaban J connectivity index is 2.17. The topological polar surface area (TPSA) is 0 Å². The first-order valence-corrected chi connectivity index (χ1v) is 9.30. The molecule has 1 fully saturated rings. The van der Waals surface area contributed by atoms with Gasteiger partial charge in [-0.25, -0.2) is 0 Å². The molecule has 0 unspecified atom stereocenters. The van der Waals surface area contributed by atoms with Gasteiger partial charge < -0.3 is 0 Å². The summed E-state index contributed by atoms with van der Waals surface area (Å²) in [7, 11) is -0.921. The normalized spacial score (nSPS) is 28.3. The summed E-state index contributed by atoms with van der Waals surface area (Å²) in [6.07, 6.45) is 8.24. The van der Waals surface area contributed by atoms with E-state index in [2.05, 4.69) is 38.3 Å². The van der Waals surface area contributed by atoms with Gasteiger partial charge in [-0.15, -0.1) is 0 Å². The van der Waals surface area contributed by atoms with Gasteiger partial charge >= 0.3 is 0 Å². The molecule has 0 spiro atoms. The van der Waals surface area contributed by atoms with Crippen LogP contribution in [0.1, 0.15) is 32.6 Å². The summed E-state index contributed by atoms with van der Waals surface area (Å²) in [5, 5.41) is 0. The van der Waals surface area contributed by atoms with E-state index in [9.17, 15) is 0 Å². The lowest BCUT2D eigenvalue weighted by Gasteiger charge is -2.07. The van der Waals surface area contributed by atoms with Gasteiger partial charge in [-0.1, -0.05) is 51.2 Å². The van der Waals surface area contributed by atoms with E-state index in [1.165, 1.54) is 25.7 Å². The van der Waals surface area contributed by atoms with E-state index >= 15 is 0 Å². The Bertz CT molecular complexity index is 176. The van der Waals surface area contributed by atoms with E-state index in [4.69, 9.17) is 0 Å². The molecule has 13 heavy (non-hydrogen) atoms. The molecular formula is C12H24Si. The Hall–Kier alpha value is -0.0431. The average Bonchev–Trinajstić information content (AvgIpc) is 2.75. The monoisotopic (exact) mass is 196 g/mol. The maximum atomic E-state index is 2.52. The molecule has 0 aliphatic heterocycles. The maximum Gasteiger partial charge on any atom is 0.0682 e. The fourth-order valence-electron chi connectivity index (χ4n) is 1.72. The molecule has 0 heterocycles. The van der Waals surface area contributed by atoms with Gasteiger partial charge in [0.2, 0.25) is 0 Å². The Morgan fingerprint density at radius 1 is 1.31 bits per heavy atom. The van der Waals surface area contributed by atoms with Crippen LogP contribution < -0.4 is 0 Å². The summed E-state index contributed by atoms with van der Waals surface area (Å²) in [6.45, 7) is 9.52. The summed E-state index contributed by atoms with van der Waals surface area (Å²) in [6, 6.07) is 0. The van der Waals surface area contributed by atoms with Crippen LogP contribution in [0, 0.1) is 11.8 Å². The van der Waals surface area contributed by atoms with E-state index in [0.717, 1.165) is 11.8 Å². The zero-order chi connectivity index (χ0) is 9.90. The Morgan fingerprint density at radius 3 is 2.54 bits per heavy atom. The lowest BCUT2D eigenvalue weighted by atomic mass is 10.1. The van der Waals surface area contributed by atoms with Crippen molar-refractivity contribution in [2.24, 2.45) is 11.8 Å². The van der Waals surface area contributed by atoms with E-state index in [0.29, 0.717) is 0 Å². The number of hydrogen-bond acceptors (Lipinski definition) is 0. The first kappa shape index (κ1) is 11.0. The quantitative estimate of drug-likeness (QED) is 0.577. The van der Waals surface area contributed by atoms with Crippen molar-refractivity contribution < 1.29 is 0 Å². The molecule has 1 saturated carbocycles. The summed E-state index contributed by atoms with van der Waals surface area (Å²) >= 11 is 0. The van der Waals surface area contributed by atoms with Gasteiger partial charge in [0.15, 0.2) is 0 Å². The van der Waals surface area contributed by atoms with Crippen molar-refractivity contribution in [3.8, 4) is 0 Å². The molecule has 0 bridgehead atoms. The highest BCUT2D eigenvalue weighted by atomic mass is 28.3. The average molecular weight is 196 g/mol. The molecule has 1 aliphatic rings. The van der Waals surface area contributed by atoms with Crippen LogP contribution in [0.5, 0.6) is 0 Å². The predicted molar refractivity (Wildman–Crippen MR) is 63.6 cm³/mol. The largest absolute Gasteiger partial charge is 0.0986 e. The van der Waals surface area contributed by atoms with E-state index in [-0.39, 0.29) is 0 Å². The Kier molecular flexibility index (Phi) is 3.78. The molecule has 0 N–H and O–H groups in total. The second-order valence-electron chi connectivity index (χ2n) is 5.53. The van der Waals surface area contributed by atoms with Gasteiger partial charge in [-0.05, 0) is 24.7 Å². The van der Waals surface area contributed by atoms with Gasteiger partial charge in [0.25, 0.3) is 0 Å². The number of hydrogen-bond donors (Lipinski definition) is 0. The first-order valence-electron chi connectivity index (χ1n) is 5.72. The second-order valence-corrected chi connectivity index (χ2v) is 10.6. The molecule has 0 radical (unpaired) electrons. The predicted octanol–water partition coefficient (Wildman–Crippen LogP) is 4.25. The molecule has 1 aliphatic carbocycles. The van der Waals surface area contributed by atoms with Crippen LogP contribution in [-0.4, -0.2) is 8.07 Å². The van der Waals surface area contributed by atoms with E-state index in [1.807, 2.05) is 0 Å². The molecule has 1 heteroatoms. The van der Waals surface area contributed by atoms with Gasteiger partial charge in [-0.2, -0.15) is 0 Å². The van der Waals surface area contributed by atoms with Crippen LogP contribution in [0.15, 0.2) is 11.8 Å². The number of rotatable bonds is 5. The van der Waals surface area contributed by atoms with Gasteiger partial charge in [-0.3, -0.25) is 0 Å². The molecule has 1 rings (SSSR count). The molecule has 0 aromatic rings. The van der Waals surface area contributed by atoms with Gasteiger partial charge in [0.05, 0.1) is 8.07 Å². The summed E-state index contributed by atoms with van der Waals surface area (Å²) < 4.78 is 0. The molecule has 0 aromatic heterocycles. The minimum atomic E-state index is -0.921. The lowest BCUT2D eigenvalue weighted by Crippen LogP contribution is -2.15. The first-order chi connectivity index (χ1) is 6.03. The van der Waals surface area contributed by atoms with Crippen LogP contribution in [0.4, 0.5) is 0 Å². The molecular weight excluding hydrogens is 172 g/mol. The van der Waals surface area contributed by atoms with Crippen molar-refractivity contribution in [2.45, 2.75) is 52.2 Å². The molecule has 2 atom stereocenters. The lowest BCUT2D eigenvalue weighted by molar-refractivity contribution is 0.634. The summed E-state index contributed by atoms with van der Waals surface area (Å²) in [5.74, 6) is 2.01.